The molecule has 0 aliphatic rings. The Hall–Kier alpha value is -2.01. The van der Waals surface area contributed by atoms with E-state index in [2.05, 4.69) is 5.32 Å². The summed E-state index contributed by atoms with van der Waals surface area (Å²) in [7, 11) is 1.99. The summed E-state index contributed by atoms with van der Waals surface area (Å²) >= 11 is 0. The first-order valence-electron chi connectivity index (χ1n) is 7.04. The van der Waals surface area contributed by atoms with Crippen LogP contribution in [-0.2, 0) is 11.8 Å². The second kappa shape index (κ2) is 5.77. The van der Waals surface area contributed by atoms with Crippen molar-refractivity contribution < 1.29 is 9.53 Å². The molecule has 2 aromatic rings. The van der Waals surface area contributed by atoms with Crippen molar-refractivity contribution in [2.75, 3.05) is 6.54 Å². The maximum atomic E-state index is 11.7. The molecule has 5 heteroatoms. The van der Waals surface area contributed by atoms with Crippen molar-refractivity contribution in [1.82, 2.24) is 9.88 Å². The van der Waals surface area contributed by atoms with E-state index in [1.807, 2.05) is 62.8 Å². The number of ether oxygens (including phenoxy) is 1. The Morgan fingerprint density at radius 1 is 1.38 bits per heavy atom. The van der Waals surface area contributed by atoms with Gasteiger partial charge in [0, 0.05) is 25.8 Å². The van der Waals surface area contributed by atoms with Crippen LogP contribution in [0.5, 0.6) is 0 Å². The molecule has 0 aliphatic heterocycles. The molecule has 0 spiro atoms. The van der Waals surface area contributed by atoms with Crippen LogP contribution in [0.2, 0.25) is 0 Å². The smallest absolute Gasteiger partial charge is 0.407 e. The number of aryl methyl sites for hydroxylation is 1. The van der Waals surface area contributed by atoms with Crippen LogP contribution in [0.1, 0.15) is 32.4 Å². The van der Waals surface area contributed by atoms with Crippen LogP contribution < -0.4 is 11.1 Å². The fourth-order valence-corrected chi connectivity index (χ4v) is 2.31. The van der Waals surface area contributed by atoms with Crippen molar-refractivity contribution in [3.63, 3.8) is 0 Å². The Kier molecular flexibility index (Phi) is 4.23. The number of fused-ring (bicyclic) bond motifs is 1. The minimum absolute atomic E-state index is 0.283. The molecule has 0 saturated heterocycles. The summed E-state index contributed by atoms with van der Waals surface area (Å²) in [5.41, 5.74) is 7.81. The standard InChI is InChI=1S/C16H23N3O2/c1-16(2,3)21-15(20)18-10-13(17)12-7-5-6-11-8-9-19(4)14(11)12/h5-9,13H,10,17H2,1-4H3,(H,18,20). The molecule has 1 heterocycles. The van der Waals surface area contributed by atoms with E-state index in [9.17, 15) is 4.79 Å². The molecule has 3 N–H and O–H groups in total. The monoisotopic (exact) mass is 289 g/mol. The number of amides is 1. The van der Waals surface area contributed by atoms with Gasteiger partial charge in [-0.25, -0.2) is 4.79 Å². The molecule has 2 rings (SSSR count). The third-order valence-corrected chi connectivity index (χ3v) is 3.19. The highest BCUT2D eigenvalue weighted by molar-refractivity contribution is 5.83. The van der Waals surface area contributed by atoms with Gasteiger partial charge in [0.25, 0.3) is 0 Å². The number of hydrogen-bond donors (Lipinski definition) is 2. The van der Waals surface area contributed by atoms with Crippen molar-refractivity contribution >= 4 is 17.0 Å². The fourth-order valence-electron chi connectivity index (χ4n) is 2.31. The average Bonchev–Trinajstić information content (AvgIpc) is 2.76. The molecule has 21 heavy (non-hydrogen) atoms. The van der Waals surface area contributed by atoms with Gasteiger partial charge in [0.1, 0.15) is 5.60 Å². The van der Waals surface area contributed by atoms with Crippen LogP contribution in [0.3, 0.4) is 0 Å². The van der Waals surface area contributed by atoms with Gasteiger partial charge in [0.2, 0.25) is 0 Å². The Labute approximate surface area is 125 Å². The lowest BCUT2D eigenvalue weighted by atomic mass is 10.0. The number of nitrogens with one attached hydrogen (secondary N) is 1. The number of nitrogens with zero attached hydrogens (tertiary/aromatic N) is 1. The molecule has 1 atom stereocenters. The number of alkyl carbamates (subject to hydrolysis) is 1. The maximum Gasteiger partial charge on any atom is 0.407 e. The number of para-hydroxylation sites is 1. The van der Waals surface area contributed by atoms with E-state index in [-0.39, 0.29) is 6.04 Å². The number of hydrogen-bond acceptors (Lipinski definition) is 3. The van der Waals surface area contributed by atoms with Crippen LogP contribution in [-0.4, -0.2) is 22.8 Å². The lowest BCUT2D eigenvalue weighted by molar-refractivity contribution is 0.0524. The van der Waals surface area contributed by atoms with E-state index in [0.29, 0.717) is 6.54 Å². The van der Waals surface area contributed by atoms with Gasteiger partial charge in [0.05, 0.1) is 5.52 Å². The van der Waals surface area contributed by atoms with E-state index in [0.717, 1.165) is 16.5 Å². The Morgan fingerprint density at radius 2 is 2.10 bits per heavy atom. The second-order valence-corrected chi connectivity index (χ2v) is 6.20. The molecule has 5 nitrogen and oxygen atoms in total. The zero-order valence-corrected chi connectivity index (χ0v) is 13.0. The number of carbonyl (C=O) groups is 1. The first kappa shape index (κ1) is 15.4. The Bertz CT molecular complexity index is 640. The zero-order chi connectivity index (χ0) is 15.6. The van der Waals surface area contributed by atoms with E-state index >= 15 is 0 Å². The predicted octanol–water partition coefficient (Wildman–Crippen LogP) is 2.70. The molecule has 0 radical (unpaired) electrons. The predicted molar refractivity (Wildman–Crippen MR) is 84.1 cm³/mol. The molecule has 0 bridgehead atoms. The molecule has 0 saturated carbocycles. The van der Waals surface area contributed by atoms with Gasteiger partial charge in [-0.2, -0.15) is 0 Å². The van der Waals surface area contributed by atoms with Crippen molar-refractivity contribution in [2.24, 2.45) is 12.8 Å². The summed E-state index contributed by atoms with van der Waals surface area (Å²) in [6, 6.07) is 7.78. The minimum Gasteiger partial charge on any atom is -0.444 e. The second-order valence-electron chi connectivity index (χ2n) is 6.20. The average molecular weight is 289 g/mol. The van der Waals surface area contributed by atoms with Crippen LogP contribution in [0.25, 0.3) is 10.9 Å². The number of rotatable bonds is 3. The van der Waals surface area contributed by atoms with Gasteiger partial charge < -0.3 is 20.4 Å². The first-order chi connectivity index (χ1) is 9.78. The van der Waals surface area contributed by atoms with Gasteiger partial charge in [0.15, 0.2) is 0 Å². The quantitative estimate of drug-likeness (QED) is 0.912. The largest absolute Gasteiger partial charge is 0.444 e. The highest BCUT2D eigenvalue weighted by atomic mass is 16.6. The van der Waals surface area contributed by atoms with Crippen molar-refractivity contribution in [2.45, 2.75) is 32.4 Å². The summed E-state index contributed by atoms with van der Waals surface area (Å²) in [6.07, 6.45) is 1.55. The lowest BCUT2D eigenvalue weighted by Gasteiger charge is -2.21. The molecular weight excluding hydrogens is 266 g/mol. The highest BCUT2D eigenvalue weighted by Gasteiger charge is 2.18. The number of benzene rings is 1. The van der Waals surface area contributed by atoms with E-state index in [1.165, 1.54) is 0 Å². The summed E-state index contributed by atoms with van der Waals surface area (Å²) in [5.74, 6) is 0. The van der Waals surface area contributed by atoms with Crippen LogP contribution in [0.15, 0.2) is 30.5 Å². The van der Waals surface area contributed by atoms with E-state index in [4.69, 9.17) is 10.5 Å². The topological polar surface area (TPSA) is 69.3 Å². The molecule has 114 valence electrons. The molecule has 0 aliphatic carbocycles. The third kappa shape index (κ3) is 3.76. The van der Waals surface area contributed by atoms with Crippen LogP contribution >= 0.6 is 0 Å². The van der Waals surface area contributed by atoms with Crippen molar-refractivity contribution in [1.29, 1.82) is 0 Å². The normalized spacial score (nSPS) is 13.2. The number of aromatic nitrogens is 1. The van der Waals surface area contributed by atoms with E-state index in [1.54, 1.807) is 0 Å². The van der Waals surface area contributed by atoms with Crippen molar-refractivity contribution in [3.05, 3.63) is 36.0 Å². The molecule has 1 amide bonds. The lowest BCUT2D eigenvalue weighted by Crippen LogP contribution is -2.36. The zero-order valence-electron chi connectivity index (χ0n) is 13.0. The molecule has 1 aromatic carbocycles. The van der Waals surface area contributed by atoms with Crippen LogP contribution in [0, 0.1) is 0 Å². The summed E-state index contributed by atoms with van der Waals surface area (Å²) in [6.45, 7) is 5.82. The minimum atomic E-state index is -0.508. The first-order valence-corrected chi connectivity index (χ1v) is 7.04. The summed E-state index contributed by atoms with van der Waals surface area (Å²) in [4.78, 5) is 11.7. The third-order valence-electron chi connectivity index (χ3n) is 3.19. The Morgan fingerprint density at radius 3 is 2.76 bits per heavy atom. The maximum absolute atomic E-state index is 11.7. The highest BCUT2D eigenvalue weighted by Crippen LogP contribution is 2.23. The van der Waals surface area contributed by atoms with Gasteiger partial charge >= 0.3 is 6.09 Å². The fraction of sp³-hybridized carbons (Fsp3) is 0.438. The summed E-state index contributed by atoms with van der Waals surface area (Å²) < 4.78 is 7.25. The molecule has 1 unspecified atom stereocenters. The van der Waals surface area contributed by atoms with Crippen molar-refractivity contribution in [3.8, 4) is 0 Å². The van der Waals surface area contributed by atoms with Gasteiger partial charge in [-0.05, 0) is 37.8 Å². The molecular formula is C16H23N3O2. The molecule has 1 aromatic heterocycles. The van der Waals surface area contributed by atoms with E-state index < -0.39 is 11.7 Å². The van der Waals surface area contributed by atoms with Crippen LogP contribution in [0.4, 0.5) is 4.79 Å². The SMILES string of the molecule is Cn1ccc2cccc(C(N)CNC(=O)OC(C)(C)C)c21. The number of nitrogens with two attached hydrogens (primary N) is 1. The molecule has 0 fully saturated rings. The Balaban J connectivity index is 2.07. The summed E-state index contributed by atoms with van der Waals surface area (Å²) in [5, 5.41) is 3.86. The van der Waals surface area contributed by atoms with Gasteiger partial charge in [-0.1, -0.05) is 18.2 Å². The van der Waals surface area contributed by atoms with Gasteiger partial charge in [-0.15, -0.1) is 0 Å². The van der Waals surface area contributed by atoms with Gasteiger partial charge in [-0.3, -0.25) is 0 Å². The number of carbonyl (C=O) groups excluding carboxylic acids is 1.